The van der Waals surface area contributed by atoms with Gasteiger partial charge in [0.15, 0.2) is 5.69 Å². The molecule has 1 fully saturated rings. The fraction of sp³-hybridized carbons (Fsp3) is 0.588. The maximum atomic E-state index is 13.1. The predicted molar refractivity (Wildman–Crippen MR) is 98.5 cm³/mol. The minimum atomic E-state index is -4.58. The molecule has 0 bridgehead atoms. The molecular weight excluding hydrogens is 418 g/mol. The lowest BCUT2D eigenvalue weighted by molar-refractivity contribution is -0.141. The number of halogens is 5. The van der Waals surface area contributed by atoms with E-state index >= 15 is 0 Å². The summed E-state index contributed by atoms with van der Waals surface area (Å²) in [6.07, 6.45) is -0.968. The fourth-order valence-electron chi connectivity index (χ4n) is 2.92. The van der Waals surface area contributed by atoms with Crippen LogP contribution in [0.25, 0.3) is 0 Å². The highest BCUT2D eigenvalue weighted by molar-refractivity contribution is 6.32. The number of carbonyl (C=O) groups is 1. The first-order chi connectivity index (χ1) is 13.1. The number of amides is 1. The number of aromatic nitrogens is 4. The van der Waals surface area contributed by atoms with E-state index in [-0.39, 0.29) is 23.4 Å². The number of rotatable bonds is 7. The summed E-state index contributed by atoms with van der Waals surface area (Å²) in [5.74, 6) is -0.227. The molecule has 28 heavy (non-hydrogen) atoms. The van der Waals surface area contributed by atoms with Gasteiger partial charge in [0.25, 0.3) is 0 Å². The lowest BCUT2D eigenvalue weighted by atomic mass is 10.2. The Morgan fingerprint density at radius 2 is 2.04 bits per heavy atom. The molecule has 2 heterocycles. The van der Waals surface area contributed by atoms with Crippen molar-refractivity contribution >= 4 is 29.1 Å². The van der Waals surface area contributed by atoms with E-state index in [9.17, 15) is 18.0 Å². The molecule has 1 atom stereocenters. The Kier molecular flexibility index (Phi) is 5.95. The molecule has 1 saturated carbocycles. The Hall–Kier alpha value is -1.74. The molecular formula is C17H20Cl2F3N5O. The zero-order valence-electron chi connectivity index (χ0n) is 15.4. The van der Waals surface area contributed by atoms with Crippen molar-refractivity contribution in [1.82, 2.24) is 24.9 Å². The zero-order valence-corrected chi connectivity index (χ0v) is 16.9. The second kappa shape index (κ2) is 7.94. The average molecular weight is 438 g/mol. The van der Waals surface area contributed by atoms with Gasteiger partial charge in [-0.1, -0.05) is 23.2 Å². The number of nitrogens with zero attached hydrogens (tertiary/aromatic N) is 4. The number of hydrogen-bond acceptors (Lipinski definition) is 3. The van der Waals surface area contributed by atoms with Crippen LogP contribution in [-0.4, -0.2) is 32.0 Å². The van der Waals surface area contributed by atoms with E-state index in [4.69, 9.17) is 23.2 Å². The summed E-state index contributed by atoms with van der Waals surface area (Å²) in [5.41, 5.74) is 0.0277. The van der Waals surface area contributed by atoms with Gasteiger partial charge in [0.2, 0.25) is 5.91 Å². The SMILES string of the molecule is Cc1nn(C(C)C(=O)NCCCn2nc(C(F)(F)F)c(Cl)c2C2CC2)cc1Cl. The summed E-state index contributed by atoms with van der Waals surface area (Å²) >= 11 is 11.9. The van der Waals surface area contributed by atoms with E-state index in [0.29, 0.717) is 29.4 Å². The summed E-state index contributed by atoms with van der Waals surface area (Å²) < 4.78 is 42.0. The maximum Gasteiger partial charge on any atom is 0.436 e. The van der Waals surface area contributed by atoms with Gasteiger partial charge in [-0.25, -0.2) is 0 Å². The summed E-state index contributed by atoms with van der Waals surface area (Å²) in [4.78, 5) is 12.2. The zero-order chi connectivity index (χ0) is 20.6. The van der Waals surface area contributed by atoms with Crippen molar-refractivity contribution in [1.29, 1.82) is 0 Å². The first kappa shape index (κ1) is 21.0. The first-order valence-electron chi connectivity index (χ1n) is 8.92. The van der Waals surface area contributed by atoms with Gasteiger partial charge in [-0.2, -0.15) is 23.4 Å². The number of nitrogens with one attached hydrogen (secondary N) is 1. The van der Waals surface area contributed by atoms with Crippen LogP contribution >= 0.6 is 23.2 Å². The van der Waals surface area contributed by atoms with Gasteiger partial charge in [0.05, 0.1) is 21.4 Å². The van der Waals surface area contributed by atoms with Crippen molar-refractivity contribution in [3.8, 4) is 0 Å². The number of alkyl halides is 3. The van der Waals surface area contributed by atoms with Crippen LogP contribution in [0.15, 0.2) is 6.20 Å². The maximum absolute atomic E-state index is 13.1. The molecule has 1 N–H and O–H groups in total. The number of carbonyl (C=O) groups excluding carboxylic acids is 1. The van der Waals surface area contributed by atoms with Crippen LogP contribution in [0, 0.1) is 6.92 Å². The lowest BCUT2D eigenvalue weighted by Crippen LogP contribution is -2.32. The Labute approximate surface area is 170 Å². The van der Waals surface area contributed by atoms with E-state index < -0.39 is 17.9 Å². The summed E-state index contributed by atoms with van der Waals surface area (Å²) in [6, 6.07) is -0.552. The third-order valence-corrected chi connectivity index (χ3v) is 5.39. The minimum absolute atomic E-state index is 0.0264. The molecule has 6 nitrogen and oxygen atoms in total. The fourth-order valence-corrected chi connectivity index (χ4v) is 3.45. The van der Waals surface area contributed by atoms with Gasteiger partial charge in [0, 0.05) is 25.2 Å². The summed E-state index contributed by atoms with van der Waals surface area (Å²) in [7, 11) is 0. The standard InChI is InChI=1S/C17H20Cl2F3N5O/c1-9-12(18)8-27(24-9)10(2)16(28)23-6-3-7-26-14(11-4-5-11)13(19)15(25-26)17(20,21)22/h8,10-11H,3-7H2,1-2H3,(H,23,28). The molecule has 0 aliphatic heterocycles. The second-order valence-corrected chi connectivity index (χ2v) is 7.69. The quantitative estimate of drug-likeness (QED) is 0.654. The molecule has 3 rings (SSSR count). The van der Waals surface area contributed by atoms with Crippen LogP contribution in [0.4, 0.5) is 13.2 Å². The highest BCUT2D eigenvalue weighted by atomic mass is 35.5. The van der Waals surface area contributed by atoms with Gasteiger partial charge >= 0.3 is 6.18 Å². The molecule has 154 valence electrons. The highest BCUT2D eigenvalue weighted by Gasteiger charge is 2.41. The van der Waals surface area contributed by atoms with Gasteiger partial charge in [0.1, 0.15) is 6.04 Å². The van der Waals surface area contributed by atoms with Crippen LogP contribution in [0.3, 0.4) is 0 Å². The molecule has 0 aromatic carbocycles. The Morgan fingerprint density at radius 3 is 2.57 bits per heavy atom. The third-order valence-electron chi connectivity index (χ3n) is 4.64. The lowest BCUT2D eigenvalue weighted by Gasteiger charge is -2.13. The third kappa shape index (κ3) is 4.46. The van der Waals surface area contributed by atoms with E-state index in [1.807, 2.05) is 0 Å². The van der Waals surface area contributed by atoms with E-state index in [2.05, 4.69) is 15.5 Å². The van der Waals surface area contributed by atoms with Crippen LogP contribution in [0.5, 0.6) is 0 Å². The molecule has 11 heteroatoms. The molecule has 2 aromatic rings. The minimum Gasteiger partial charge on any atom is -0.354 e. The monoisotopic (exact) mass is 437 g/mol. The molecule has 1 amide bonds. The molecule has 1 aliphatic carbocycles. The normalized spacial score (nSPS) is 15.7. The van der Waals surface area contributed by atoms with Crippen molar-refractivity contribution in [3.63, 3.8) is 0 Å². The molecule has 0 saturated heterocycles. The first-order valence-corrected chi connectivity index (χ1v) is 9.67. The second-order valence-electron chi connectivity index (χ2n) is 6.91. The van der Waals surface area contributed by atoms with Gasteiger partial charge in [-0.15, -0.1) is 0 Å². The van der Waals surface area contributed by atoms with Crippen molar-refractivity contribution in [2.24, 2.45) is 0 Å². The van der Waals surface area contributed by atoms with Crippen LogP contribution in [0.1, 0.15) is 55.2 Å². The van der Waals surface area contributed by atoms with Gasteiger partial charge in [-0.05, 0) is 33.1 Å². The molecule has 2 aromatic heterocycles. The smallest absolute Gasteiger partial charge is 0.354 e. The average Bonchev–Trinajstić information content (AvgIpc) is 3.31. The van der Waals surface area contributed by atoms with Crippen LogP contribution in [-0.2, 0) is 17.5 Å². The highest BCUT2D eigenvalue weighted by Crippen LogP contribution is 2.46. The number of aryl methyl sites for hydroxylation is 2. The van der Waals surface area contributed by atoms with Crippen molar-refractivity contribution in [2.45, 2.75) is 57.8 Å². The predicted octanol–water partition coefficient (Wildman–Crippen LogP) is 4.36. The summed E-state index contributed by atoms with van der Waals surface area (Å²) in [6.45, 7) is 3.96. The molecule has 0 radical (unpaired) electrons. The Bertz CT molecular complexity index is 854. The van der Waals surface area contributed by atoms with E-state index in [0.717, 1.165) is 12.8 Å². The van der Waals surface area contributed by atoms with Crippen molar-refractivity contribution < 1.29 is 18.0 Å². The van der Waals surface area contributed by atoms with Crippen molar-refractivity contribution in [2.75, 3.05) is 6.54 Å². The number of hydrogen-bond donors (Lipinski definition) is 1. The van der Waals surface area contributed by atoms with Gasteiger partial charge in [-0.3, -0.25) is 14.2 Å². The van der Waals surface area contributed by atoms with Crippen molar-refractivity contribution in [3.05, 3.63) is 33.3 Å². The topological polar surface area (TPSA) is 64.7 Å². The molecule has 1 unspecified atom stereocenters. The largest absolute Gasteiger partial charge is 0.436 e. The van der Waals surface area contributed by atoms with Gasteiger partial charge < -0.3 is 5.32 Å². The van der Waals surface area contributed by atoms with Crippen LogP contribution < -0.4 is 5.32 Å². The molecule has 0 spiro atoms. The Morgan fingerprint density at radius 1 is 1.36 bits per heavy atom. The summed E-state index contributed by atoms with van der Waals surface area (Å²) in [5, 5.41) is 10.8. The van der Waals surface area contributed by atoms with E-state index in [1.54, 1.807) is 20.0 Å². The molecule has 1 aliphatic rings. The van der Waals surface area contributed by atoms with Crippen LogP contribution in [0.2, 0.25) is 10.0 Å². The van der Waals surface area contributed by atoms with E-state index in [1.165, 1.54) is 9.36 Å². The Balaban J connectivity index is 1.57.